The van der Waals surface area contributed by atoms with Crippen LogP contribution in [0.1, 0.15) is 18.1 Å². The first kappa shape index (κ1) is 21.2. The Morgan fingerprint density at radius 1 is 1.14 bits per heavy atom. The summed E-state index contributed by atoms with van der Waals surface area (Å²) in [5.74, 6) is 1.62. The maximum atomic E-state index is 12.7. The van der Waals surface area contributed by atoms with Crippen molar-refractivity contribution in [2.75, 3.05) is 20.8 Å². The third-order valence-electron chi connectivity index (χ3n) is 3.73. The number of hydrogen-bond donors (Lipinski definition) is 2. The van der Waals surface area contributed by atoms with E-state index in [0.717, 1.165) is 5.56 Å². The minimum atomic E-state index is -2.92. The molecule has 0 unspecified atom stereocenters. The topological polar surface area (TPSA) is 77.0 Å². The summed E-state index contributed by atoms with van der Waals surface area (Å²) >= 11 is 0. The minimum absolute atomic E-state index is 0.0596. The van der Waals surface area contributed by atoms with Crippen LogP contribution in [-0.2, 0) is 13.1 Å². The van der Waals surface area contributed by atoms with Crippen LogP contribution in [0.4, 0.5) is 8.78 Å². The smallest absolute Gasteiger partial charge is 0.387 e. The number of nitrogens with one attached hydrogen (secondary N) is 2. The predicted octanol–water partition coefficient (Wildman–Crippen LogP) is 2.96. The molecule has 28 heavy (non-hydrogen) atoms. The number of ether oxygens (including phenoxy) is 3. The average molecular weight is 394 g/mol. The number of aliphatic imine (C=N–C) groups is 1. The number of methoxy groups -OCH3 is 2. The molecule has 0 saturated heterocycles. The molecule has 152 valence electrons. The predicted molar refractivity (Wildman–Crippen MR) is 102 cm³/mol. The lowest BCUT2D eigenvalue weighted by molar-refractivity contribution is -0.0504. The van der Waals surface area contributed by atoms with Crippen molar-refractivity contribution in [2.45, 2.75) is 26.6 Å². The number of nitrogens with zero attached hydrogens (tertiary/aromatic N) is 2. The van der Waals surface area contributed by atoms with E-state index in [-0.39, 0.29) is 12.3 Å². The summed E-state index contributed by atoms with van der Waals surface area (Å²) in [6, 6.07) is 8.32. The van der Waals surface area contributed by atoms with Gasteiger partial charge in [0, 0.05) is 30.4 Å². The molecule has 0 fully saturated rings. The SMILES string of the molecule is CCNC(=NCc1cc(OC)ccc1OC(F)F)NCc1cccnc1OC. The molecule has 0 aliphatic rings. The van der Waals surface area contributed by atoms with E-state index < -0.39 is 6.61 Å². The maximum absolute atomic E-state index is 12.7. The first-order valence-electron chi connectivity index (χ1n) is 8.69. The molecule has 0 aliphatic carbocycles. The van der Waals surface area contributed by atoms with Crippen molar-refractivity contribution >= 4 is 5.96 Å². The Balaban J connectivity index is 2.15. The number of guanidine groups is 1. The Bertz CT molecular complexity index is 788. The highest BCUT2D eigenvalue weighted by Gasteiger charge is 2.11. The van der Waals surface area contributed by atoms with E-state index in [0.29, 0.717) is 36.2 Å². The fraction of sp³-hybridized carbons (Fsp3) is 0.368. The number of aromatic nitrogens is 1. The highest BCUT2D eigenvalue weighted by Crippen LogP contribution is 2.26. The second-order valence-corrected chi connectivity index (χ2v) is 5.57. The number of halogens is 2. The summed E-state index contributed by atoms with van der Waals surface area (Å²) in [7, 11) is 3.06. The first-order chi connectivity index (χ1) is 13.6. The molecular weight excluding hydrogens is 370 g/mol. The second kappa shape index (κ2) is 10.9. The van der Waals surface area contributed by atoms with Crippen molar-refractivity contribution in [3.8, 4) is 17.4 Å². The van der Waals surface area contributed by atoms with E-state index in [1.807, 2.05) is 19.1 Å². The average Bonchev–Trinajstić information content (AvgIpc) is 2.70. The molecule has 2 aromatic rings. The molecule has 2 rings (SSSR count). The van der Waals surface area contributed by atoms with Crippen LogP contribution in [0.25, 0.3) is 0 Å². The van der Waals surface area contributed by atoms with Crippen LogP contribution in [0.15, 0.2) is 41.5 Å². The molecule has 0 bridgehead atoms. The number of alkyl halides is 2. The van der Waals surface area contributed by atoms with Gasteiger partial charge in [0.25, 0.3) is 0 Å². The Morgan fingerprint density at radius 3 is 2.64 bits per heavy atom. The van der Waals surface area contributed by atoms with Gasteiger partial charge in [0.15, 0.2) is 5.96 Å². The van der Waals surface area contributed by atoms with Crippen molar-refractivity contribution in [3.63, 3.8) is 0 Å². The van der Waals surface area contributed by atoms with Crippen LogP contribution in [-0.4, -0.2) is 38.3 Å². The zero-order valence-electron chi connectivity index (χ0n) is 16.0. The number of hydrogen-bond acceptors (Lipinski definition) is 5. The van der Waals surface area contributed by atoms with Crippen LogP contribution in [0.2, 0.25) is 0 Å². The van der Waals surface area contributed by atoms with E-state index in [2.05, 4.69) is 25.3 Å². The van der Waals surface area contributed by atoms with Gasteiger partial charge in [-0.25, -0.2) is 9.98 Å². The second-order valence-electron chi connectivity index (χ2n) is 5.57. The van der Waals surface area contributed by atoms with E-state index in [1.165, 1.54) is 13.2 Å². The summed E-state index contributed by atoms with van der Waals surface area (Å²) in [4.78, 5) is 8.60. The third kappa shape index (κ3) is 6.26. The summed E-state index contributed by atoms with van der Waals surface area (Å²) < 4.78 is 40.3. The van der Waals surface area contributed by atoms with Crippen molar-refractivity contribution in [1.29, 1.82) is 0 Å². The van der Waals surface area contributed by atoms with Gasteiger partial charge >= 0.3 is 6.61 Å². The lowest BCUT2D eigenvalue weighted by atomic mass is 10.2. The zero-order valence-corrected chi connectivity index (χ0v) is 16.0. The third-order valence-corrected chi connectivity index (χ3v) is 3.73. The molecule has 0 amide bonds. The molecule has 0 radical (unpaired) electrons. The van der Waals surface area contributed by atoms with Gasteiger partial charge in [0.05, 0.1) is 20.8 Å². The molecule has 9 heteroatoms. The highest BCUT2D eigenvalue weighted by atomic mass is 19.3. The van der Waals surface area contributed by atoms with E-state index in [1.54, 1.807) is 25.4 Å². The molecule has 0 atom stereocenters. The van der Waals surface area contributed by atoms with Gasteiger partial charge in [-0.1, -0.05) is 6.07 Å². The number of rotatable bonds is 9. The normalized spacial score (nSPS) is 11.3. The van der Waals surface area contributed by atoms with Crippen molar-refractivity contribution < 1.29 is 23.0 Å². The van der Waals surface area contributed by atoms with Gasteiger partial charge in [-0.05, 0) is 31.2 Å². The van der Waals surface area contributed by atoms with Gasteiger partial charge in [-0.15, -0.1) is 0 Å². The highest BCUT2D eigenvalue weighted by molar-refractivity contribution is 5.79. The van der Waals surface area contributed by atoms with Gasteiger partial charge in [-0.3, -0.25) is 0 Å². The van der Waals surface area contributed by atoms with Crippen LogP contribution >= 0.6 is 0 Å². The molecule has 7 nitrogen and oxygen atoms in total. The summed E-state index contributed by atoms with van der Waals surface area (Å²) in [5.41, 5.74) is 1.34. The quantitative estimate of drug-likeness (QED) is 0.503. The van der Waals surface area contributed by atoms with Crippen molar-refractivity contribution in [2.24, 2.45) is 4.99 Å². The maximum Gasteiger partial charge on any atom is 0.387 e. The monoisotopic (exact) mass is 394 g/mol. The first-order valence-corrected chi connectivity index (χ1v) is 8.69. The molecule has 1 heterocycles. The van der Waals surface area contributed by atoms with Crippen molar-refractivity contribution in [1.82, 2.24) is 15.6 Å². The molecule has 1 aromatic carbocycles. The fourth-order valence-electron chi connectivity index (χ4n) is 2.44. The zero-order chi connectivity index (χ0) is 20.4. The fourth-order valence-corrected chi connectivity index (χ4v) is 2.44. The lowest BCUT2D eigenvalue weighted by Gasteiger charge is -2.14. The van der Waals surface area contributed by atoms with Crippen LogP contribution in [0.5, 0.6) is 17.4 Å². The molecule has 0 saturated carbocycles. The van der Waals surface area contributed by atoms with Crippen LogP contribution in [0.3, 0.4) is 0 Å². The molecule has 0 spiro atoms. The molecule has 2 N–H and O–H groups in total. The van der Waals surface area contributed by atoms with Gasteiger partial charge in [-0.2, -0.15) is 8.78 Å². The van der Waals surface area contributed by atoms with Gasteiger partial charge in [0.1, 0.15) is 11.5 Å². The molecular formula is C19H24F2N4O3. The number of pyridine rings is 1. The molecule has 1 aromatic heterocycles. The van der Waals surface area contributed by atoms with E-state index in [4.69, 9.17) is 9.47 Å². The Morgan fingerprint density at radius 2 is 1.96 bits per heavy atom. The van der Waals surface area contributed by atoms with Crippen molar-refractivity contribution in [3.05, 3.63) is 47.7 Å². The Kier molecular flexibility index (Phi) is 8.26. The largest absolute Gasteiger partial charge is 0.497 e. The van der Waals surface area contributed by atoms with Gasteiger partial charge < -0.3 is 24.8 Å². The van der Waals surface area contributed by atoms with Crippen LogP contribution in [0, 0.1) is 0 Å². The lowest BCUT2D eigenvalue weighted by Crippen LogP contribution is -2.36. The summed E-state index contributed by atoms with van der Waals surface area (Å²) in [6.07, 6.45) is 1.65. The minimum Gasteiger partial charge on any atom is -0.497 e. The summed E-state index contributed by atoms with van der Waals surface area (Å²) in [6.45, 7) is 0.202. The number of benzene rings is 1. The standard InChI is InChI=1S/C19H24F2N4O3/c1-4-22-19(24-11-13-6-5-9-23-17(13)27-3)25-12-14-10-15(26-2)7-8-16(14)28-18(20)21/h5-10,18H,4,11-12H2,1-3H3,(H2,22,24,25). The molecule has 0 aliphatic heterocycles. The van der Waals surface area contributed by atoms with E-state index >= 15 is 0 Å². The Hall–Kier alpha value is -3.10. The van der Waals surface area contributed by atoms with Gasteiger partial charge in [0.2, 0.25) is 5.88 Å². The Labute approximate surface area is 162 Å². The van der Waals surface area contributed by atoms with E-state index in [9.17, 15) is 8.78 Å². The summed E-state index contributed by atoms with van der Waals surface area (Å²) in [5, 5.41) is 6.28. The van der Waals surface area contributed by atoms with Crippen LogP contribution < -0.4 is 24.8 Å².